The molecule has 0 aliphatic rings. The molecule has 0 saturated carbocycles. The minimum atomic E-state index is -0.976. The van der Waals surface area contributed by atoms with E-state index in [9.17, 15) is 9.90 Å². The van der Waals surface area contributed by atoms with Gasteiger partial charge >= 0.3 is 0 Å². The van der Waals surface area contributed by atoms with E-state index in [4.69, 9.17) is 0 Å². The summed E-state index contributed by atoms with van der Waals surface area (Å²) in [5, 5.41) is 10.9. The van der Waals surface area contributed by atoms with E-state index >= 15 is 0 Å². The summed E-state index contributed by atoms with van der Waals surface area (Å²) in [6.07, 6.45) is 1.50. The van der Waals surface area contributed by atoms with Gasteiger partial charge in [-0.25, -0.2) is 0 Å². The fourth-order valence-corrected chi connectivity index (χ4v) is 1.51. The maximum Gasteiger partial charge on any atom is 0.0489 e. The zero-order valence-corrected chi connectivity index (χ0v) is 8.62. The standard InChI is InChI=1S/C12H16O2/c1-3-4-11(12(13)14)10-7-5-9(2)6-8-10/h5-8,11H,3-4H2,1-2H3,(H,13,14)/p-1. The van der Waals surface area contributed by atoms with E-state index in [1.54, 1.807) is 0 Å². The molecule has 1 aromatic carbocycles. The minimum Gasteiger partial charge on any atom is -0.549 e. The fourth-order valence-electron chi connectivity index (χ4n) is 1.51. The second-order valence-electron chi connectivity index (χ2n) is 3.57. The molecule has 0 aliphatic carbocycles. The van der Waals surface area contributed by atoms with E-state index in [2.05, 4.69) is 0 Å². The van der Waals surface area contributed by atoms with Gasteiger partial charge in [0.1, 0.15) is 0 Å². The first kappa shape index (κ1) is 10.8. The lowest BCUT2D eigenvalue weighted by Crippen LogP contribution is -2.29. The summed E-state index contributed by atoms with van der Waals surface area (Å²) in [6, 6.07) is 7.60. The first-order chi connectivity index (χ1) is 6.65. The second kappa shape index (κ2) is 4.80. The smallest absolute Gasteiger partial charge is 0.0489 e. The first-order valence-corrected chi connectivity index (χ1v) is 4.92. The second-order valence-corrected chi connectivity index (χ2v) is 3.57. The fraction of sp³-hybridized carbons (Fsp3) is 0.417. The van der Waals surface area contributed by atoms with Gasteiger partial charge in [0.25, 0.3) is 0 Å². The highest BCUT2D eigenvalue weighted by Gasteiger charge is 2.10. The van der Waals surface area contributed by atoms with E-state index in [1.807, 2.05) is 38.1 Å². The number of aliphatic carboxylic acids is 1. The van der Waals surface area contributed by atoms with E-state index in [0.29, 0.717) is 6.42 Å². The zero-order chi connectivity index (χ0) is 10.6. The van der Waals surface area contributed by atoms with Crippen LogP contribution in [0.3, 0.4) is 0 Å². The number of carbonyl (C=O) groups excluding carboxylic acids is 1. The predicted molar refractivity (Wildman–Crippen MR) is 53.8 cm³/mol. The van der Waals surface area contributed by atoms with Crippen molar-refractivity contribution in [2.75, 3.05) is 0 Å². The Balaban J connectivity index is 2.87. The number of hydrogen-bond acceptors (Lipinski definition) is 2. The molecule has 0 aliphatic heterocycles. The highest BCUT2D eigenvalue weighted by Crippen LogP contribution is 2.20. The minimum absolute atomic E-state index is 0.458. The number of carboxylic acids is 1. The maximum atomic E-state index is 10.9. The van der Waals surface area contributed by atoms with E-state index < -0.39 is 11.9 Å². The summed E-state index contributed by atoms with van der Waals surface area (Å²) in [5.74, 6) is -1.43. The van der Waals surface area contributed by atoms with Crippen molar-refractivity contribution in [3.05, 3.63) is 35.4 Å². The summed E-state index contributed by atoms with van der Waals surface area (Å²) >= 11 is 0. The van der Waals surface area contributed by atoms with Crippen LogP contribution in [0, 0.1) is 6.92 Å². The van der Waals surface area contributed by atoms with Crippen LogP contribution in [0.25, 0.3) is 0 Å². The summed E-state index contributed by atoms with van der Waals surface area (Å²) in [4.78, 5) is 10.9. The third kappa shape index (κ3) is 2.59. The van der Waals surface area contributed by atoms with Crippen LogP contribution in [0.4, 0.5) is 0 Å². The molecular weight excluding hydrogens is 176 g/mol. The quantitative estimate of drug-likeness (QED) is 0.725. The number of hydrogen-bond donors (Lipinski definition) is 0. The molecule has 0 heterocycles. The molecule has 2 nitrogen and oxygen atoms in total. The molecule has 0 bridgehead atoms. The monoisotopic (exact) mass is 191 g/mol. The summed E-state index contributed by atoms with van der Waals surface area (Å²) in [5.41, 5.74) is 1.99. The van der Waals surface area contributed by atoms with E-state index in [-0.39, 0.29) is 0 Å². The molecule has 2 heteroatoms. The Morgan fingerprint density at radius 3 is 2.36 bits per heavy atom. The van der Waals surface area contributed by atoms with Gasteiger partial charge in [-0.2, -0.15) is 0 Å². The molecule has 0 radical (unpaired) electrons. The molecule has 0 N–H and O–H groups in total. The normalized spacial score (nSPS) is 12.4. The lowest BCUT2D eigenvalue weighted by molar-refractivity contribution is -0.308. The van der Waals surface area contributed by atoms with Gasteiger partial charge < -0.3 is 9.90 Å². The molecule has 1 rings (SSSR count). The van der Waals surface area contributed by atoms with Gasteiger partial charge in [0.05, 0.1) is 0 Å². The van der Waals surface area contributed by atoms with Crippen LogP contribution < -0.4 is 5.11 Å². The van der Waals surface area contributed by atoms with Gasteiger partial charge in [0, 0.05) is 11.9 Å². The van der Waals surface area contributed by atoms with E-state index in [1.165, 1.54) is 0 Å². The Hall–Kier alpha value is -1.31. The van der Waals surface area contributed by atoms with Gasteiger partial charge in [-0.1, -0.05) is 43.2 Å². The molecule has 0 spiro atoms. The van der Waals surface area contributed by atoms with Crippen LogP contribution in [-0.2, 0) is 4.79 Å². The average Bonchev–Trinajstić information content (AvgIpc) is 2.15. The lowest BCUT2D eigenvalue weighted by Gasteiger charge is -2.17. The molecular formula is C12H15O2-. The van der Waals surface area contributed by atoms with Crippen LogP contribution >= 0.6 is 0 Å². The number of rotatable bonds is 4. The van der Waals surface area contributed by atoms with Crippen molar-refractivity contribution < 1.29 is 9.90 Å². The molecule has 14 heavy (non-hydrogen) atoms. The van der Waals surface area contributed by atoms with Crippen LogP contribution in [-0.4, -0.2) is 5.97 Å². The van der Waals surface area contributed by atoms with Crippen LogP contribution in [0.2, 0.25) is 0 Å². The Morgan fingerprint density at radius 1 is 1.36 bits per heavy atom. The maximum absolute atomic E-state index is 10.9. The Labute approximate surface area is 84.6 Å². The topological polar surface area (TPSA) is 40.1 Å². The van der Waals surface area contributed by atoms with Crippen molar-refractivity contribution in [3.63, 3.8) is 0 Å². The zero-order valence-electron chi connectivity index (χ0n) is 8.62. The third-order valence-electron chi connectivity index (χ3n) is 2.34. The molecule has 0 amide bonds. The largest absolute Gasteiger partial charge is 0.549 e. The Morgan fingerprint density at radius 2 is 1.93 bits per heavy atom. The van der Waals surface area contributed by atoms with Crippen molar-refractivity contribution >= 4 is 5.97 Å². The van der Waals surface area contributed by atoms with Gasteiger partial charge in [0.2, 0.25) is 0 Å². The number of aryl methyl sites for hydroxylation is 1. The lowest BCUT2D eigenvalue weighted by atomic mass is 9.94. The van der Waals surface area contributed by atoms with Gasteiger partial charge in [0.15, 0.2) is 0 Å². The van der Waals surface area contributed by atoms with Gasteiger partial charge in [-0.3, -0.25) is 0 Å². The van der Waals surface area contributed by atoms with Gasteiger partial charge in [-0.15, -0.1) is 0 Å². The van der Waals surface area contributed by atoms with Crippen LogP contribution in [0.5, 0.6) is 0 Å². The van der Waals surface area contributed by atoms with Crippen molar-refractivity contribution in [1.29, 1.82) is 0 Å². The molecule has 0 saturated heterocycles. The molecule has 0 aromatic heterocycles. The summed E-state index contributed by atoms with van der Waals surface area (Å²) < 4.78 is 0. The van der Waals surface area contributed by atoms with Crippen molar-refractivity contribution in [2.24, 2.45) is 0 Å². The molecule has 1 aromatic rings. The van der Waals surface area contributed by atoms with Crippen molar-refractivity contribution in [3.8, 4) is 0 Å². The van der Waals surface area contributed by atoms with Crippen LogP contribution in [0.1, 0.15) is 36.8 Å². The van der Waals surface area contributed by atoms with Crippen molar-refractivity contribution in [1.82, 2.24) is 0 Å². The summed E-state index contributed by atoms with van der Waals surface area (Å²) in [7, 11) is 0. The summed E-state index contributed by atoms with van der Waals surface area (Å²) in [6.45, 7) is 3.96. The highest BCUT2D eigenvalue weighted by molar-refractivity contribution is 5.73. The molecule has 1 unspecified atom stereocenters. The average molecular weight is 191 g/mol. The molecule has 76 valence electrons. The third-order valence-corrected chi connectivity index (χ3v) is 2.34. The molecule has 1 atom stereocenters. The van der Waals surface area contributed by atoms with E-state index in [0.717, 1.165) is 17.5 Å². The van der Waals surface area contributed by atoms with Crippen LogP contribution in [0.15, 0.2) is 24.3 Å². The van der Waals surface area contributed by atoms with Gasteiger partial charge in [-0.05, 0) is 18.9 Å². The Kier molecular flexibility index (Phi) is 3.69. The Bertz CT molecular complexity index is 301. The predicted octanol–water partition coefficient (Wildman–Crippen LogP) is 1.63. The van der Waals surface area contributed by atoms with Crippen molar-refractivity contribution in [2.45, 2.75) is 32.6 Å². The highest BCUT2D eigenvalue weighted by atomic mass is 16.4. The molecule has 0 fully saturated rings. The first-order valence-electron chi connectivity index (χ1n) is 4.92. The number of benzene rings is 1. The number of carboxylic acid groups (broad SMARTS) is 1. The SMILES string of the molecule is CCCC(C(=O)[O-])c1ccc(C)cc1. The number of carbonyl (C=O) groups is 1.